The molecule has 7 nitrogen and oxygen atoms in total. The molecule has 178 valence electrons. The van der Waals surface area contributed by atoms with Crippen LogP contribution in [0.5, 0.6) is 0 Å². The highest BCUT2D eigenvalue weighted by molar-refractivity contribution is 6.33. The van der Waals surface area contributed by atoms with Crippen LogP contribution in [0.25, 0.3) is 11.3 Å². The van der Waals surface area contributed by atoms with Gasteiger partial charge >= 0.3 is 0 Å². The molecule has 0 aliphatic carbocycles. The van der Waals surface area contributed by atoms with Gasteiger partial charge in [-0.2, -0.15) is 4.39 Å². The van der Waals surface area contributed by atoms with Crippen LogP contribution >= 0.6 is 11.6 Å². The van der Waals surface area contributed by atoms with Crippen LogP contribution in [0.4, 0.5) is 10.2 Å². The van der Waals surface area contributed by atoms with Gasteiger partial charge in [0.1, 0.15) is 5.78 Å². The number of pyridine rings is 1. The second-order valence-electron chi connectivity index (χ2n) is 9.63. The van der Waals surface area contributed by atoms with Crippen molar-refractivity contribution in [2.75, 3.05) is 31.6 Å². The smallest absolute Gasteiger partial charge is 0.255 e. The fourth-order valence-corrected chi connectivity index (χ4v) is 4.51. The van der Waals surface area contributed by atoms with E-state index in [-0.39, 0.29) is 29.5 Å². The highest BCUT2D eigenvalue weighted by atomic mass is 35.5. The van der Waals surface area contributed by atoms with Crippen molar-refractivity contribution in [3.8, 4) is 11.3 Å². The molecular weight excluding hydrogens is 445 g/mol. The van der Waals surface area contributed by atoms with Gasteiger partial charge in [0.15, 0.2) is 5.82 Å². The lowest BCUT2D eigenvalue weighted by atomic mass is 9.84. The Morgan fingerprint density at radius 2 is 2.06 bits per heavy atom. The summed E-state index contributed by atoms with van der Waals surface area (Å²) in [5.74, 6) is -0.0153. The van der Waals surface area contributed by atoms with Crippen LogP contribution in [0.1, 0.15) is 45.2 Å². The summed E-state index contributed by atoms with van der Waals surface area (Å²) in [5.41, 5.74) is 1.71. The Hall–Kier alpha value is -2.16. The second kappa shape index (κ2) is 10.4. The van der Waals surface area contributed by atoms with Crippen molar-refractivity contribution >= 4 is 23.2 Å². The van der Waals surface area contributed by atoms with Gasteiger partial charge in [-0.25, -0.2) is 9.97 Å². The Bertz CT molecular complexity index is 987. The molecule has 2 aliphatic rings. The van der Waals surface area contributed by atoms with Crippen molar-refractivity contribution in [2.45, 2.75) is 51.5 Å². The number of hydrogen-bond acceptors (Lipinski definition) is 7. The van der Waals surface area contributed by atoms with Crippen LogP contribution in [-0.4, -0.2) is 52.6 Å². The Labute approximate surface area is 198 Å². The van der Waals surface area contributed by atoms with Gasteiger partial charge in [-0.1, -0.05) is 11.6 Å². The quantitative estimate of drug-likeness (QED) is 0.624. The number of Topliss-reactive ketones (excluding diaryl/α,β-unsaturated/α-hetero) is 1. The first kappa shape index (κ1) is 24.0. The first-order valence-corrected chi connectivity index (χ1v) is 12.0. The number of anilines is 1. The lowest BCUT2D eigenvalue weighted by Crippen LogP contribution is -2.48. The van der Waals surface area contributed by atoms with Crippen molar-refractivity contribution in [2.24, 2.45) is 11.8 Å². The van der Waals surface area contributed by atoms with E-state index in [1.54, 1.807) is 6.07 Å². The molecule has 0 radical (unpaired) electrons. The number of halogens is 2. The molecule has 2 N–H and O–H groups in total. The minimum absolute atomic E-state index is 0.0226. The van der Waals surface area contributed by atoms with Crippen molar-refractivity contribution in [3.05, 3.63) is 35.1 Å². The monoisotopic (exact) mass is 475 g/mol. The Morgan fingerprint density at radius 1 is 1.27 bits per heavy atom. The Kier molecular flexibility index (Phi) is 7.56. The first-order valence-electron chi connectivity index (χ1n) is 11.6. The van der Waals surface area contributed by atoms with Crippen LogP contribution in [0.3, 0.4) is 0 Å². The predicted octanol–water partition coefficient (Wildman–Crippen LogP) is 4.06. The average molecular weight is 476 g/mol. The number of carbonyl (C=O) groups excluding carboxylic acids is 1. The van der Waals surface area contributed by atoms with E-state index in [2.05, 4.69) is 39.4 Å². The summed E-state index contributed by atoms with van der Waals surface area (Å²) in [6, 6.07) is 1.75. The number of piperidine rings is 1. The number of rotatable bonds is 7. The van der Waals surface area contributed by atoms with Crippen molar-refractivity contribution in [1.82, 2.24) is 20.3 Å². The molecule has 2 aromatic heterocycles. The maximum absolute atomic E-state index is 14.3. The van der Waals surface area contributed by atoms with Gasteiger partial charge in [-0.05, 0) is 51.5 Å². The molecule has 4 heterocycles. The number of ketones is 1. The van der Waals surface area contributed by atoms with Crippen LogP contribution in [0.2, 0.25) is 5.02 Å². The van der Waals surface area contributed by atoms with E-state index in [9.17, 15) is 9.18 Å². The van der Waals surface area contributed by atoms with Gasteiger partial charge in [-0.15, -0.1) is 0 Å². The normalized spacial score (nSPS) is 21.0. The van der Waals surface area contributed by atoms with Gasteiger partial charge in [-0.3, -0.25) is 9.78 Å². The molecule has 0 bridgehead atoms. The lowest BCUT2D eigenvalue weighted by Gasteiger charge is -2.35. The molecule has 0 spiro atoms. The molecule has 33 heavy (non-hydrogen) atoms. The van der Waals surface area contributed by atoms with Crippen LogP contribution in [0, 0.1) is 17.8 Å². The molecule has 2 aromatic rings. The fraction of sp³-hybridized carbons (Fsp3) is 0.583. The third-order valence-corrected chi connectivity index (χ3v) is 6.87. The standard InChI is InChI=1S/C24H31ClFN5O2/c1-24(2)6-3-16(12-30-24)21(32)10-17-9-18(19(25)13-27-17)20-14-28-22(26)23(31-20)29-11-15-4-7-33-8-5-15/h9,13-16,30H,3-8,10-12H2,1-2H3,(H,29,31)/t16-/m1/s1. The number of nitrogens with one attached hydrogen (secondary N) is 2. The van der Waals surface area contributed by atoms with E-state index in [1.165, 1.54) is 12.4 Å². The zero-order valence-electron chi connectivity index (χ0n) is 19.2. The summed E-state index contributed by atoms with van der Waals surface area (Å²) < 4.78 is 19.7. The number of carbonyl (C=O) groups is 1. The molecule has 2 aliphatic heterocycles. The molecule has 0 amide bonds. The average Bonchev–Trinajstić information content (AvgIpc) is 2.80. The third kappa shape index (κ3) is 6.25. The highest BCUT2D eigenvalue weighted by Crippen LogP contribution is 2.29. The third-order valence-electron chi connectivity index (χ3n) is 6.57. The van der Waals surface area contributed by atoms with E-state index in [4.69, 9.17) is 16.3 Å². The van der Waals surface area contributed by atoms with Gasteiger partial charge in [0.05, 0.1) is 16.9 Å². The minimum atomic E-state index is -0.654. The van der Waals surface area contributed by atoms with Gasteiger partial charge < -0.3 is 15.4 Å². The molecule has 4 rings (SSSR count). The summed E-state index contributed by atoms with van der Waals surface area (Å²) in [4.78, 5) is 25.5. The maximum Gasteiger partial charge on any atom is 0.255 e. The van der Waals surface area contributed by atoms with Gasteiger partial charge in [0, 0.05) is 61.6 Å². The summed E-state index contributed by atoms with van der Waals surface area (Å²) in [6.45, 7) is 7.04. The second-order valence-corrected chi connectivity index (χ2v) is 10.0. The van der Waals surface area contributed by atoms with E-state index in [1.807, 2.05) is 0 Å². The fourth-order valence-electron chi connectivity index (χ4n) is 4.31. The molecular formula is C24H31ClFN5O2. The maximum atomic E-state index is 14.3. The number of aromatic nitrogens is 3. The van der Waals surface area contributed by atoms with Gasteiger partial charge in [0.25, 0.3) is 5.95 Å². The van der Waals surface area contributed by atoms with Crippen molar-refractivity contribution < 1.29 is 13.9 Å². The van der Waals surface area contributed by atoms with Crippen LogP contribution in [-0.2, 0) is 16.0 Å². The lowest BCUT2D eigenvalue weighted by molar-refractivity contribution is -0.123. The van der Waals surface area contributed by atoms with Gasteiger partial charge in [0.2, 0.25) is 0 Å². The van der Waals surface area contributed by atoms with Crippen molar-refractivity contribution in [3.63, 3.8) is 0 Å². The van der Waals surface area contributed by atoms with E-state index >= 15 is 0 Å². The molecule has 2 saturated heterocycles. The molecule has 9 heteroatoms. The number of hydrogen-bond donors (Lipinski definition) is 2. The van der Waals surface area contributed by atoms with Crippen molar-refractivity contribution in [1.29, 1.82) is 0 Å². The number of nitrogens with zero attached hydrogens (tertiary/aromatic N) is 3. The summed E-state index contributed by atoms with van der Waals surface area (Å²) in [5, 5.41) is 6.90. The van der Waals surface area contributed by atoms with E-state index < -0.39 is 5.95 Å². The summed E-state index contributed by atoms with van der Waals surface area (Å²) >= 11 is 6.39. The summed E-state index contributed by atoms with van der Waals surface area (Å²) in [7, 11) is 0. The Balaban J connectivity index is 1.46. The largest absolute Gasteiger partial charge is 0.381 e. The molecule has 2 fully saturated rings. The zero-order chi connectivity index (χ0) is 23.4. The SMILES string of the molecule is CC1(C)CC[C@@H](C(=O)Cc2cc(-c3cnc(F)c(NCC4CCOCC4)n3)c(Cl)cn2)CN1. The Morgan fingerprint density at radius 3 is 2.79 bits per heavy atom. The first-order chi connectivity index (χ1) is 15.8. The highest BCUT2D eigenvalue weighted by Gasteiger charge is 2.30. The van der Waals surface area contributed by atoms with E-state index in [0.717, 1.165) is 38.9 Å². The van der Waals surface area contributed by atoms with E-state index in [0.29, 0.717) is 41.0 Å². The predicted molar refractivity (Wildman–Crippen MR) is 126 cm³/mol. The van der Waals surface area contributed by atoms with Crippen LogP contribution in [0.15, 0.2) is 18.5 Å². The molecule has 0 aromatic carbocycles. The topological polar surface area (TPSA) is 89.0 Å². The minimum Gasteiger partial charge on any atom is -0.381 e. The number of ether oxygens (including phenoxy) is 1. The molecule has 1 atom stereocenters. The van der Waals surface area contributed by atoms with Crippen LogP contribution < -0.4 is 10.6 Å². The molecule has 0 unspecified atom stereocenters. The zero-order valence-corrected chi connectivity index (χ0v) is 19.9. The summed E-state index contributed by atoms with van der Waals surface area (Å²) in [6.07, 6.45) is 6.78. The molecule has 0 saturated carbocycles.